The molecule has 2 fully saturated rings. The number of carbonyl (C=O) groups is 4. The van der Waals surface area contributed by atoms with Gasteiger partial charge in [0.15, 0.2) is 5.60 Å². The number of esters is 2. The van der Waals surface area contributed by atoms with E-state index in [9.17, 15) is 19.2 Å². The standard InChI is InChI=1S/C20H19NO7/c1-11(22)26-19(27-12(2)23)20-9-8-14(28-20)15-16(20)18(25)21(17(15)24)10-13-6-4-3-5-7-13/h3-9,14-16,19H,10H2,1-2H3/t14-,15-,16+,20-/m0/s1. The first-order valence-electron chi connectivity index (χ1n) is 8.94. The Morgan fingerprint density at radius 2 is 1.75 bits per heavy atom. The highest BCUT2D eigenvalue weighted by atomic mass is 16.7. The third-order valence-electron chi connectivity index (χ3n) is 5.27. The fourth-order valence-corrected chi connectivity index (χ4v) is 4.20. The van der Waals surface area contributed by atoms with Crippen LogP contribution in [0.5, 0.6) is 0 Å². The molecule has 0 saturated carbocycles. The molecule has 146 valence electrons. The quantitative estimate of drug-likeness (QED) is 0.322. The van der Waals surface area contributed by atoms with Gasteiger partial charge in [0.2, 0.25) is 11.8 Å². The highest BCUT2D eigenvalue weighted by molar-refractivity contribution is 6.07. The van der Waals surface area contributed by atoms with Crippen molar-refractivity contribution < 1.29 is 33.4 Å². The zero-order valence-corrected chi connectivity index (χ0v) is 15.4. The van der Waals surface area contributed by atoms with Crippen molar-refractivity contribution in [3.05, 3.63) is 48.0 Å². The van der Waals surface area contributed by atoms with Crippen molar-refractivity contribution in [2.24, 2.45) is 11.8 Å². The van der Waals surface area contributed by atoms with E-state index in [0.717, 1.165) is 5.56 Å². The van der Waals surface area contributed by atoms with Crippen molar-refractivity contribution in [2.45, 2.75) is 38.4 Å². The van der Waals surface area contributed by atoms with Crippen LogP contribution < -0.4 is 0 Å². The summed E-state index contributed by atoms with van der Waals surface area (Å²) in [7, 11) is 0. The van der Waals surface area contributed by atoms with E-state index in [0.29, 0.717) is 0 Å². The van der Waals surface area contributed by atoms with E-state index in [1.165, 1.54) is 18.7 Å². The maximum absolute atomic E-state index is 13.2. The molecule has 4 rings (SSSR count). The highest BCUT2D eigenvalue weighted by Crippen LogP contribution is 2.54. The smallest absolute Gasteiger partial charge is 0.305 e. The molecule has 1 aromatic rings. The predicted molar refractivity (Wildman–Crippen MR) is 93.0 cm³/mol. The minimum atomic E-state index is -1.51. The summed E-state index contributed by atoms with van der Waals surface area (Å²) in [6, 6.07) is 9.16. The van der Waals surface area contributed by atoms with E-state index >= 15 is 0 Å². The van der Waals surface area contributed by atoms with Gasteiger partial charge >= 0.3 is 11.9 Å². The number of hydrogen-bond donors (Lipinski definition) is 0. The van der Waals surface area contributed by atoms with Crippen molar-refractivity contribution in [1.29, 1.82) is 0 Å². The Kier molecular flexibility index (Phi) is 4.30. The van der Waals surface area contributed by atoms with Crippen molar-refractivity contribution in [1.82, 2.24) is 4.90 Å². The van der Waals surface area contributed by atoms with E-state index < -0.39 is 47.7 Å². The van der Waals surface area contributed by atoms with Crippen LogP contribution in [-0.4, -0.2) is 46.6 Å². The van der Waals surface area contributed by atoms with E-state index in [2.05, 4.69) is 0 Å². The van der Waals surface area contributed by atoms with Gasteiger partial charge in [-0.1, -0.05) is 36.4 Å². The molecule has 2 amide bonds. The molecule has 4 atom stereocenters. The minimum absolute atomic E-state index is 0.139. The van der Waals surface area contributed by atoms with Crippen LogP contribution in [-0.2, 0) is 39.9 Å². The highest BCUT2D eigenvalue weighted by Gasteiger charge is 2.71. The van der Waals surface area contributed by atoms with Crippen molar-refractivity contribution in [2.75, 3.05) is 0 Å². The molecule has 0 aliphatic carbocycles. The maximum atomic E-state index is 13.2. The third kappa shape index (κ3) is 2.72. The molecule has 28 heavy (non-hydrogen) atoms. The van der Waals surface area contributed by atoms with Gasteiger partial charge in [-0.15, -0.1) is 0 Å². The van der Waals surface area contributed by atoms with Crippen LogP contribution >= 0.6 is 0 Å². The molecule has 0 unspecified atom stereocenters. The number of ether oxygens (including phenoxy) is 3. The Balaban J connectivity index is 1.67. The van der Waals surface area contributed by atoms with Gasteiger partial charge in [0, 0.05) is 13.8 Å². The summed E-state index contributed by atoms with van der Waals surface area (Å²) in [6.07, 6.45) is 1.12. The van der Waals surface area contributed by atoms with Crippen LogP contribution in [0.15, 0.2) is 42.5 Å². The Morgan fingerprint density at radius 3 is 2.36 bits per heavy atom. The van der Waals surface area contributed by atoms with Gasteiger partial charge in [-0.2, -0.15) is 0 Å². The Morgan fingerprint density at radius 1 is 1.11 bits per heavy atom. The fourth-order valence-electron chi connectivity index (χ4n) is 4.20. The summed E-state index contributed by atoms with van der Waals surface area (Å²) >= 11 is 0. The Bertz CT molecular complexity index is 864. The van der Waals surface area contributed by atoms with E-state index in [-0.39, 0.29) is 12.5 Å². The van der Waals surface area contributed by atoms with Crippen LogP contribution in [0.25, 0.3) is 0 Å². The molecule has 0 radical (unpaired) electrons. The zero-order chi connectivity index (χ0) is 20.1. The van der Waals surface area contributed by atoms with Crippen molar-refractivity contribution >= 4 is 23.8 Å². The summed E-state index contributed by atoms with van der Waals surface area (Å²) in [5, 5.41) is 0. The first-order valence-corrected chi connectivity index (χ1v) is 8.94. The monoisotopic (exact) mass is 385 g/mol. The summed E-state index contributed by atoms with van der Waals surface area (Å²) in [5.41, 5.74) is -0.693. The summed E-state index contributed by atoms with van der Waals surface area (Å²) < 4.78 is 16.2. The van der Waals surface area contributed by atoms with Crippen LogP contribution in [0.3, 0.4) is 0 Å². The second-order valence-electron chi connectivity index (χ2n) is 7.10. The molecule has 8 heteroatoms. The normalized spacial score (nSPS) is 30.1. The number of fused-ring (bicyclic) bond motifs is 5. The largest absolute Gasteiger partial charge is 0.422 e. The predicted octanol–water partition coefficient (Wildman–Crippen LogP) is 0.947. The number of imide groups is 1. The SMILES string of the molecule is CC(=O)OC(OC(C)=O)[C@@]12C=C[C@H](O1)[C@@H]1C(=O)N(Cc3ccccc3)C(=O)[C@@H]12. The molecule has 3 aliphatic rings. The zero-order valence-electron chi connectivity index (χ0n) is 15.4. The lowest BCUT2D eigenvalue weighted by Gasteiger charge is -2.34. The number of nitrogens with zero attached hydrogens (tertiary/aromatic N) is 1. The van der Waals surface area contributed by atoms with Gasteiger partial charge in [0.25, 0.3) is 6.29 Å². The average Bonchev–Trinajstić information content (AvgIpc) is 3.29. The number of amides is 2. The van der Waals surface area contributed by atoms with E-state index in [4.69, 9.17) is 14.2 Å². The molecule has 1 aromatic carbocycles. The van der Waals surface area contributed by atoms with Crippen LogP contribution in [0.4, 0.5) is 0 Å². The van der Waals surface area contributed by atoms with E-state index in [1.54, 1.807) is 12.2 Å². The molecule has 3 aliphatic heterocycles. The molecule has 0 aromatic heterocycles. The topological polar surface area (TPSA) is 99.2 Å². The van der Waals surface area contributed by atoms with Gasteiger partial charge in [-0.3, -0.25) is 24.1 Å². The van der Waals surface area contributed by atoms with Gasteiger partial charge < -0.3 is 14.2 Å². The summed E-state index contributed by atoms with van der Waals surface area (Å²) in [6.45, 7) is 2.47. The lowest BCUT2D eigenvalue weighted by atomic mass is 9.76. The maximum Gasteiger partial charge on any atom is 0.305 e. The number of carbonyl (C=O) groups excluding carboxylic acids is 4. The number of hydrogen-bond acceptors (Lipinski definition) is 7. The second kappa shape index (κ2) is 6.56. The van der Waals surface area contributed by atoms with Crippen LogP contribution in [0, 0.1) is 11.8 Å². The van der Waals surface area contributed by atoms with Gasteiger partial charge in [0.05, 0.1) is 24.5 Å². The van der Waals surface area contributed by atoms with Crippen LogP contribution in [0.1, 0.15) is 19.4 Å². The summed E-state index contributed by atoms with van der Waals surface area (Å²) in [4.78, 5) is 50.5. The molecule has 2 saturated heterocycles. The molecular formula is C20H19NO7. The first-order chi connectivity index (χ1) is 13.3. The fraction of sp³-hybridized carbons (Fsp3) is 0.400. The lowest BCUT2D eigenvalue weighted by molar-refractivity contribution is -0.227. The molecule has 2 bridgehead atoms. The molecule has 0 spiro atoms. The van der Waals surface area contributed by atoms with Crippen molar-refractivity contribution in [3.63, 3.8) is 0 Å². The second-order valence-corrected chi connectivity index (χ2v) is 7.10. The van der Waals surface area contributed by atoms with Gasteiger partial charge in [-0.25, -0.2) is 0 Å². The van der Waals surface area contributed by atoms with Crippen molar-refractivity contribution in [3.8, 4) is 0 Å². The first kappa shape index (κ1) is 18.4. The molecular weight excluding hydrogens is 366 g/mol. The van der Waals surface area contributed by atoms with Gasteiger partial charge in [0.1, 0.15) is 0 Å². The number of rotatable bonds is 5. The lowest BCUT2D eigenvalue weighted by Crippen LogP contribution is -2.52. The minimum Gasteiger partial charge on any atom is -0.422 e. The molecule has 3 heterocycles. The van der Waals surface area contributed by atoms with Crippen LogP contribution in [0.2, 0.25) is 0 Å². The van der Waals surface area contributed by atoms with Gasteiger partial charge in [-0.05, 0) is 11.6 Å². The Hall–Kier alpha value is -3.00. The number of benzene rings is 1. The average molecular weight is 385 g/mol. The Labute approximate surface area is 161 Å². The molecule has 8 nitrogen and oxygen atoms in total. The summed E-state index contributed by atoms with van der Waals surface area (Å²) in [5.74, 6) is -3.84. The van der Waals surface area contributed by atoms with E-state index in [1.807, 2.05) is 30.3 Å². The number of likely N-dealkylation sites (tertiary alicyclic amines) is 1. The third-order valence-corrected chi connectivity index (χ3v) is 5.27. The molecule has 0 N–H and O–H groups in total.